The molecule has 2 aromatic carbocycles. The summed E-state index contributed by atoms with van der Waals surface area (Å²) in [5.41, 5.74) is 2.97. The van der Waals surface area contributed by atoms with E-state index >= 15 is 0 Å². The Morgan fingerprint density at radius 1 is 1.17 bits per heavy atom. The summed E-state index contributed by atoms with van der Waals surface area (Å²) in [5, 5.41) is 12.7. The first-order valence-corrected chi connectivity index (χ1v) is 7.89. The van der Waals surface area contributed by atoms with Crippen LogP contribution >= 0.6 is 11.6 Å². The van der Waals surface area contributed by atoms with Crippen molar-refractivity contribution in [2.75, 3.05) is 6.61 Å². The molecule has 0 bridgehead atoms. The highest BCUT2D eigenvalue weighted by atomic mass is 35.5. The topological polar surface area (TPSA) is 60.5 Å². The van der Waals surface area contributed by atoms with Crippen LogP contribution in [0, 0.1) is 6.92 Å². The van der Waals surface area contributed by atoms with E-state index in [2.05, 4.69) is 15.4 Å². The molecule has 0 amide bonds. The summed E-state index contributed by atoms with van der Waals surface area (Å²) in [6, 6.07) is 15.3. The molecule has 3 rings (SSSR count). The number of halogens is 1. The van der Waals surface area contributed by atoms with E-state index in [1.165, 1.54) is 0 Å². The third kappa shape index (κ3) is 4.43. The first kappa shape index (κ1) is 16.2. The quantitative estimate of drug-likeness (QED) is 0.381. The van der Waals surface area contributed by atoms with Crippen LogP contribution in [0.2, 0.25) is 5.02 Å². The van der Waals surface area contributed by atoms with Crippen LogP contribution in [0.3, 0.4) is 0 Å². The average Bonchev–Trinajstić information content (AvgIpc) is 3.05. The highest BCUT2D eigenvalue weighted by Crippen LogP contribution is 2.18. The molecule has 0 aliphatic carbocycles. The second-order valence-electron chi connectivity index (χ2n) is 5.24. The van der Waals surface area contributed by atoms with Crippen LogP contribution in [0.5, 0.6) is 0 Å². The predicted molar refractivity (Wildman–Crippen MR) is 93.2 cm³/mol. The van der Waals surface area contributed by atoms with E-state index in [-0.39, 0.29) is 0 Å². The monoisotopic (exact) mass is 341 g/mol. The number of nitrogens with zero attached hydrogens (tertiary/aromatic N) is 3. The summed E-state index contributed by atoms with van der Waals surface area (Å²) in [6.45, 7) is 2.38. The third-order valence-electron chi connectivity index (χ3n) is 3.29. The molecule has 122 valence electrons. The van der Waals surface area contributed by atoms with Crippen LogP contribution in [-0.2, 0) is 11.3 Å². The normalized spacial score (nSPS) is 11.1. The lowest BCUT2D eigenvalue weighted by atomic mass is 10.1. The highest BCUT2D eigenvalue weighted by Gasteiger charge is 2.08. The molecule has 3 aromatic rings. The van der Waals surface area contributed by atoms with E-state index in [4.69, 9.17) is 20.9 Å². The average molecular weight is 342 g/mol. The lowest BCUT2D eigenvalue weighted by molar-refractivity contribution is 0.144. The van der Waals surface area contributed by atoms with Crippen molar-refractivity contribution in [3.63, 3.8) is 0 Å². The molecule has 0 aliphatic heterocycles. The van der Waals surface area contributed by atoms with Crippen molar-refractivity contribution in [1.29, 1.82) is 0 Å². The number of hydrogen-bond donors (Lipinski definition) is 0. The van der Waals surface area contributed by atoms with Gasteiger partial charge in [0, 0.05) is 10.6 Å². The molecule has 24 heavy (non-hydrogen) atoms. The van der Waals surface area contributed by atoms with Gasteiger partial charge >= 0.3 is 0 Å². The smallest absolute Gasteiger partial charge is 0.247 e. The van der Waals surface area contributed by atoms with Crippen molar-refractivity contribution in [2.24, 2.45) is 5.16 Å². The van der Waals surface area contributed by atoms with Crippen LogP contribution in [0.1, 0.15) is 17.0 Å². The van der Waals surface area contributed by atoms with E-state index in [0.717, 1.165) is 16.7 Å². The zero-order valence-electron chi connectivity index (χ0n) is 13.1. The maximum absolute atomic E-state index is 5.82. The molecular formula is C18H16ClN3O2. The van der Waals surface area contributed by atoms with Crippen molar-refractivity contribution in [1.82, 2.24) is 10.2 Å². The predicted octanol–water partition coefficient (Wildman–Crippen LogP) is 4.29. The van der Waals surface area contributed by atoms with E-state index < -0.39 is 0 Å². The van der Waals surface area contributed by atoms with Crippen molar-refractivity contribution in [3.8, 4) is 11.5 Å². The zero-order chi connectivity index (χ0) is 16.8. The van der Waals surface area contributed by atoms with Crippen LogP contribution in [0.4, 0.5) is 0 Å². The summed E-state index contributed by atoms with van der Waals surface area (Å²) in [5.74, 6) is 1.03. The first-order chi connectivity index (χ1) is 11.7. The summed E-state index contributed by atoms with van der Waals surface area (Å²) < 4.78 is 5.63. The Morgan fingerprint density at radius 3 is 2.79 bits per heavy atom. The zero-order valence-corrected chi connectivity index (χ0v) is 13.9. The molecule has 0 spiro atoms. The molecule has 0 unspecified atom stereocenters. The third-order valence-corrected chi connectivity index (χ3v) is 3.54. The van der Waals surface area contributed by atoms with Crippen LogP contribution in [-0.4, -0.2) is 23.0 Å². The number of hydrogen-bond acceptors (Lipinski definition) is 5. The Labute approximate surface area is 144 Å². The lowest BCUT2D eigenvalue weighted by Gasteiger charge is -1.97. The molecule has 0 aliphatic rings. The fourth-order valence-electron chi connectivity index (χ4n) is 2.08. The van der Waals surface area contributed by atoms with Gasteiger partial charge in [-0.25, -0.2) is 0 Å². The minimum atomic E-state index is 0.361. The van der Waals surface area contributed by atoms with E-state index in [0.29, 0.717) is 29.8 Å². The van der Waals surface area contributed by atoms with Crippen molar-refractivity contribution >= 4 is 17.8 Å². The fourth-order valence-corrected chi connectivity index (χ4v) is 2.21. The van der Waals surface area contributed by atoms with Crippen LogP contribution in [0.25, 0.3) is 11.5 Å². The van der Waals surface area contributed by atoms with E-state index in [9.17, 15) is 0 Å². The second-order valence-corrected chi connectivity index (χ2v) is 5.68. The van der Waals surface area contributed by atoms with Crippen molar-refractivity contribution in [3.05, 3.63) is 70.6 Å². The maximum Gasteiger partial charge on any atom is 0.247 e. The molecule has 6 heteroatoms. The SMILES string of the molecule is Cc1cccc(-c2nnc(CCO/N=C/c3ccc(Cl)cc3)o2)c1. The van der Waals surface area contributed by atoms with Gasteiger partial charge in [0.15, 0.2) is 0 Å². The van der Waals surface area contributed by atoms with Crippen LogP contribution in [0.15, 0.2) is 58.1 Å². The van der Waals surface area contributed by atoms with Gasteiger partial charge in [0.2, 0.25) is 11.8 Å². The lowest BCUT2D eigenvalue weighted by Crippen LogP contribution is -1.95. The van der Waals surface area contributed by atoms with Crippen LogP contribution < -0.4 is 0 Å². The molecule has 1 heterocycles. The van der Waals surface area contributed by atoms with Gasteiger partial charge in [0.1, 0.15) is 6.61 Å². The van der Waals surface area contributed by atoms with Gasteiger partial charge in [0.25, 0.3) is 0 Å². The van der Waals surface area contributed by atoms with Crippen molar-refractivity contribution < 1.29 is 9.25 Å². The van der Waals surface area contributed by atoms with Gasteiger partial charge in [-0.15, -0.1) is 10.2 Å². The van der Waals surface area contributed by atoms with Gasteiger partial charge in [-0.2, -0.15) is 0 Å². The molecule has 0 atom stereocenters. The van der Waals surface area contributed by atoms with Crippen molar-refractivity contribution in [2.45, 2.75) is 13.3 Å². The standard InChI is InChI=1S/C18H16ClN3O2/c1-13-3-2-4-15(11-13)18-22-21-17(24-18)9-10-23-20-12-14-5-7-16(19)8-6-14/h2-8,11-12H,9-10H2,1H3/b20-12+. The number of rotatable bonds is 6. The highest BCUT2D eigenvalue weighted by molar-refractivity contribution is 6.30. The number of aryl methyl sites for hydroxylation is 1. The summed E-state index contributed by atoms with van der Waals surface area (Å²) in [4.78, 5) is 5.21. The summed E-state index contributed by atoms with van der Waals surface area (Å²) in [7, 11) is 0. The second kappa shape index (κ2) is 7.75. The molecule has 0 fully saturated rings. The minimum Gasteiger partial charge on any atom is -0.421 e. The molecule has 5 nitrogen and oxygen atoms in total. The van der Waals surface area contributed by atoms with Gasteiger partial charge < -0.3 is 9.25 Å². The number of oxime groups is 1. The molecule has 0 radical (unpaired) electrons. The largest absolute Gasteiger partial charge is 0.421 e. The van der Waals surface area contributed by atoms with E-state index in [1.54, 1.807) is 18.3 Å². The summed E-state index contributed by atoms with van der Waals surface area (Å²) in [6.07, 6.45) is 2.12. The number of aromatic nitrogens is 2. The molecule has 0 saturated carbocycles. The first-order valence-electron chi connectivity index (χ1n) is 7.51. The molecular weight excluding hydrogens is 326 g/mol. The van der Waals surface area contributed by atoms with Gasteiger partial charge in [-0.05, 0) is 36.8 Å². The Bertz CT molecular complexity index is 828. The molecule has 0 saturated heterocycles. The van der Waals surface area contributed by atoms with Gasteiger partial charge in [-0.3, -0.25) is 0 Å². The summed E-state index contributed by atoms with van der Waals surface area (Å²) >= 11 is 5.82. The van der Waals surface area contributed by atoms with Gasteiger partial charge in [-0.1, -0.05) is 46.6 Å². The Morgan fingerprint density at radius 2 is 2.00 bits per heavy atom. The molecule has 1 aromatic heterocycles. The Balaban J connectivity index is 1.50. The minimum absolute atomic E-state index is 0.361. The number of benzene rings is 2. The molecule has 0 N–H and O–H groups in total. The van der Waals surface area contributed by atoms with E-state index in [1.807, 2.05) is 43.3 Å². The maximum atomic E-state index is 5.82. The Hall–Kier alpha value is -2.66. The Kier molecular flexibility index (Phi) is 5.23. The fraction of sp³-hybridized carbons (Fsp3) is 0.167. The van der Waals surface area contributed by atoms with Gasteiger partial charge in [0.05, 0.1) is 12.6 Å².